The van der Waals surface area contributed by atoms with Gasteiger partial charge in [0.15, 0.2) is 0 Å². The van der Waals surface area contributed by atoms with Gasteiger partial charge in [-0.25, -0.2) is 4.39 Å². The van der Waals surface area contributed by atoms with Crippen LogP contribution in [-0.2, 0) is 0 Å². The number of hydrogen-bond acceptors (Lipinski definition) is 2. The van der Waals surface area contributed by atoms with Crippen LogP contribution in [0.4, 0.5) is 4.39 Å². The van der Waals surface area contributed by atoms with Gasteiger partial charge in [-0.2, -0.15) is 10.5 Å². The molecular formula is C12H9FN2. The van der Waals surface area contributed by atoms with Gasteiger partial charge in [-0.1, -0.05) is 0 Å². The van der Waals surface area contributed by atoms with Crippen molar-refractivity contribution in [3.8, 4) is 12.1 Å². The average Bonchev–Trinajstić information content (AvgIpc) is 2.17. The van der Waals surface area contributed by atoms with E-state index < -0.39 is 0 Å². The molecule has 74 valence electrons. The van der Waals surface area contributed by atoms with Crippen LogP contribution in [0.5, 0.6) is 0 Å². The number of nitrogens with zero attached hydrogens (tertiary/aromatic N) is 2. The highest BCUT2D eigenvalue weighted by Crippen LogP contribution is 2.18. The summed E-state index contributed by atoms with van der Waals surface area (Å²) < 4.78 is 13.0. The topological polar surface area (TPSA) is 47.6 Å². The fourth-order valence-corrected chi connectivity index (χ4v) is 1.38. The molecule has 0 amide bonds. The number of nitriles is 2. The number of aryl methyl sites for hydroxylation is 2. The highest BCUT2D eigenvalue weighted by molar-refractivity contribution is 5.66. The van der Waals surface area contributed by atoms with E-state index in [1.165, 1.54) is 18.2 Å². The van der Waals surface area contributed by atoms with Crippen molar-refractivity contribution in [2.75, 3.05) is 0 Å². The van der Waals surface area contributed by atoms with E-state index in [0.717, 1.165) is 16.7 Å². The second-order valence-electron chi connectivity index (χ2n) is 3.23. The summed E-state index contributed by atoms with van der Waals surface area (Å²) in [5.74, 6) is -0.308. The van der Waals surface area contributed by atoms with Crippen LogP contribution in [0.15, 0.2) is 17.7 Å². The molecule has 0 fully saturated rings. The molecule has 0 N–H and O–H groups in total. The summed E-state index contributed by atoms with van der Waals surface area (Å²) in [6, 6.07) is 6.31. The minimum absolute atomic E-state index is 0.0211. The van der Waals surface area contributed by atoms with E-state index in [-0.39, 0.29) is 11.4 Å². The van der Waals surface area contributed by atoms with Crippen molar-refractivity contribution in [1.29, 1.82) is 10.5 Å². The standard InChI is InChI=1S/C12H9FN2/c1-8-3-11(13)4-9(2)12(8)5-10(6-14)7-15/h3-5H,1-2H3. The van der Waals surface area contributed by atoms with Gasteiger partial charge in [0.05, 0.1) is 0 Å². The first kappa shape index (κ1) is 10.9. The Bertz CT molecular complexity index is 462. The predicted molar refractivity (Wildman–Crippen MR) is 55.1 cm³/mol. The van der Waals surface area contributed by atoms with Crippen LogP contribution < -0.4 is 0 Å². The Morgan fingerprint density at radius 2 is 1.67 bits per heavy atom. The van der Waals surface area contributed by atoms with Crippen molar-refractivity contribution in [1.82, 2.24) is 0 Å². The first-order valence-corrected chi connectivity index (χ1v) is 4.37. The minimum Gasteiger partial charge on any atom is -0.207 e. The SMILES string of the molecule is Cc1cc(F)cc(C)c1C=C(C#N)C#N. The molecule has 0 aromatic heterocycles. The molecule has 0 radical (unpaired) electrons. The van der Waals surface area contributed by atoms with E-state index >= 15 is 0 Å². The molecule has 0 aliphatic heterocycles. The number of halogens is 1. The summed E-state index contributed by atoms with van der Waals surface area (Å²) in [5.41, 5.74) is 2.19. The fourth-order valence-electron chi connectivity index (χ4n) is 1.38. The molecule has 0 atom stereocenters. The summed E-state index contributed by atoms with van der Waals surface area (Å²) in [4.78, 5) is 0. The number of hydrogen-bond donors (Lipinski definition) is 0. The number of allylic oxidation sites excluding steroid dienone is 1. The Kier molecular flexibility index (Phi) is 3.21. The molecule has 0 aliphatic rings. The molecule has 0 aliphatic carbocycles. The van der Waals surface area contributed by atoms with Crippen LogP contribution >= 0.6 is 0 Å². The lowest BCUT2D eigenvalue weighted by Gasteiger charge is -2.04. The lowest BCUT2D eigenvalue weighted by molar-refractivity contribution is 0.625. The Balaban J connectivity index is 3.36. The van der Waals surface area contributed by atoms with E-state index in [1.54, 1.807) is 26.0 Å². The van der Waals surface area contributed by atoms with E-state index in [2.05, 4.69) is 0 Å². The zero-order valence-electron chi connectivity index (χ0n) is 8.50. The van der Waals surface area contributed by atoms with Crippen LogP contribution in [0, 0.1) is 42.3 Å². The van der Waals surface area contributed by atoms with E-state index in [0.29, 0.717) is 0 Å². The number of rotatable bonds is 1. The van der Waals surface area contributed by atoms with Crippen LogP contribution in [0.1, 0.15) is 16.7 Å². The van der Waals surface area contributed by atoms with Crippen molar-refractivity contribution >= 4 is 6.08 Å². The number of benzene rings is 1. The Hall–Kier alpha value is -2.13. The Morgan fingerprint density at radius 1 is 1.20 bits per heavy atom. The van der Waals surface area contributed by atoms with Gasteiger partial charge in [0.1, 0.15) is 23.5 Å². The summed E-state index contributed by atoms with van der Waals surface area (Å²) in [6.07, 6.45) is 1.48. The molecular weight excluding hydrogens is 191 g/mol. The third-order valence-electron chi connectivity index (χ3n) is 2.09. The lowest BCUT2D eigenvalue weighted by Crippen LogP contribution is -1.90. The van der Waals surface area contributed by atoms with Gasteiger partial charge in [-0.3, -0.25) is 0 Å². The van der Waals surface area contributed by atoms with Gasteiger partial charge in [0, 0.05) is 0 Å². The van der Waals surface area contributed by atoms with Crippen LogP contribution in [0.2, 0.25) is 0 Å². The zero-order chi connectivity index (χ0) is 11.4. The van der Waals surface area contributed by atoms with Gasteiger partial charge < -0.3 is 0 Å². The summed E-state index contributed by atoms with van der Waals surface area (Å²) >= 11 is 0. The summed E-state index contributed by atoms with van der Waals surface area (Å²) in [6.45, 7) is 3.49. The third kappa shape index (κ3) is 2.42. The molecule has 0 unspecified atom stereocenters. The van der Waals surface area contributed by atoms with Gasteiger partial charge in [0.25, 0.3) is 0 Å². The fraction of sp³-hybridized carbons (Fsp3) is 0.167. The van der Waals surface area contributed by atoms with E-state index in [9.17, 15) is 4.39 Å². The molecule has 2 nitrogen and oxygen atoms in total. The van der Waals surface area contributed by atoms with E-state index in [1.807, 2.05) is 0 Å². The van der Waals surface area contributed by atoms with Crippen molar-refractivity contribution < 1.29 is 4.39 Å². The highest BCUT2D eigenvalue weighted by Gasteiger charge is 2.04. The molecule has 0 saturated heterocycles. The Labute approximate surface area is 87.9 Å². The summed E-state index contributed by atoms with van der Waals surface area (Å²) in [5, 5.41) is 17.2. The van der Waals surface area contributed by atoms with Crippen LogP contribution in [0.3, 0.4) is 0 Å². The largest absolute Gasteiger partial charge is 0.207 e. The average molecular weight is 200 g/mol. The highest BCUT2D eigenvalue weighted by atomic mass is 19.1. The molecule has 1 aromatic carbocycles. The molecule has 0 heterocycles. The van der Waals surface area contributed by atoms with E-state index in [4.69, 9.17) is 10.5 Å². The Morgan fingerprint density at radius 3 is 2.07 bits per heavy atom. The molecule has 1 aromatic rings. The maximum Gasteiger partial charge on any atom is 0.130 e. The molecule has 0 bridgehead atoms. The van der Waals surface area contributed by atoms with Crippen molar-refractivity contribution in [2.45, 2.75) is 13.8 Å². The van der Waals surface area contributed by atoms with Gasteiger partial charge in [-0.05, 0) is 48.7 Å². The van der Waals surface area contributed by atoms with Crippen molar-refractivity contribution in [3.05, 3.63) is 40.2 Å². The third-order valence-corrected chi connectivity index (χ3v) is 2.09. The minimum atomic E-state index is -0.308. The van der Waals surface area contributed by atoms with Crippen molar-refractivity contribution in [2.24, 2.45) is 0 Å². The van der Waals surface area contributed by atoms with Crippen LogP contribution in [-0.4, -0.2) is 0 Å². The predicted octanol–water partition coefficient (Wildman–Crippen LogP) is 2.87. The van der Waals surface area contributed by atoms with Gasteiger partial charge in [-0.15, -0.1) is 0 Å². The molecule has 0 saturated carbocycles. The normalized spacial score (nSPS) is 8.87. The van der Waals surface area contributed by atoms with Gasteiger partial charge in [0.2, 0.25) is 0 Å². The maximum atomic E-state index is 13.0. The monoisotopic (exact) mass is 200 g/mol. The lowest BCUT2D eigenvalue weighted by atomic mass is 10.0. The first-order valence-electron chi connectivity index (χ1n) is 4.37. The molecule has 0 spiro atoms. The second kappa shape index (κ2) is 4.39. The smallest absolute Gasteiger partial charge is 0.130 e. The van der Waals surface area contributed by atoms with Crippen LogP contribution in [0.25, 0.3) is 6.08 Å². The molecule has 3 heteroatoms. The first-order chi connectivity index (χ1) is 7.08. The summed E-state index contributed by atoms with van der Waals surface area (Å²) in [7, 11) is 0. The van der Waals surface area contributed by atoms with Crippen molar-refractivity contribution in [3.63, 3.8) is 0 Å². The molecule has 1 rings (SSSR count). The zero-order valence-corrected chi connectivity index (χ0v) is 8.50. The second-order valence-corrected chi connectivity index (χ2v) is 3.23. The molecule has 15 heavy (non-hydrogen) atoms. The quantitative estimate of drug-likeness (QED) is 0.654. The maximum absolute atomic E-state index is 13.0. The van der Waals surface area contributed by atoms with Gasteiger partial charge >= 0.3 is 0 Å².